The molecule has 1 aliphatic heterocycles. The normalized spacial score (nSPS) is 16.2. The number of nitrogens with zero attached hydrogens (tertiary/aromatic N) is 2. The number of amides is 1. The number of hydrogen-bond acceptors (Lipinski definition) is 3. The van der Waals surface area contributed by atoms with Crippen LogP contribution >= 0.6 is 11.6 Å². The summed E-state index contributed by atoms with van der Waals surface area (Å²) in [5, 5.41) is 0. The Morgan fingerprint density at radius 1 is 1.30 bits per heavy atom. The van der Waals surface area contributed by atoms with Gasteiger partial charge in [-0.2, -0.15) is 0 Å². The highest BCUT2D eigenvalue weighted by atomic mass is 35.5. The molecule has 1 aliphatic rings. The van der Waals surface area contributed by atoms with E-state index in [1.807, 2.05) is 30.0 Å². The molecule has 0 saturated carbocycles. The number of methoxy groups -OCH3 is 1. The highest BCUT2D eigenvalue weighted by molar-refractivity contribution is 6.18. The summed E-state index contributed by atoms with van der Waals surface area (Å²) in [6.45, 7) is 6.15. The Hall–Kier alpha value is -1.26. The number of carbonyl (C=O) groups is 1. The summed E-state index contributed by atoms with van der Waals surface area (Å²) in [5.74, 6) is 1.48. The summed E-state index contributed by atoms with van der Waals surface area (Å²) in [6.07, 6.45) is 0. The molecule has 5 heteroatoms. The highest BCUT2D eigenvalue weighted by Gasteiger charge is 2.22. The fraction of sp³-hybridized carbons (Fsp3) is 0.533. The van der Waals surface area contributed by atoms with E-state index in [0.29, 0.717) is 11.4 Å². The Kier molecular flexibility index (Phi) is 5.26. The van der Waals surface area contributed by atoms with Crippen LogP contribution in [0.15, 0.2) is 18.2 Å². The number of hydrogen-bond donors (Lipinski definition) is 0. The molecule has 0 aromatic heterocycles. The summed E-state index contributed by atoms with van der Waals surface area (Å²) < 4.78 is 5.28. The highest BCUT2D eigenvalue weighted by Crippen LogP contribution is 2.20. The number of benzene rings is 1. The SMILES string of the molecule is COc1cc(C(=O)N2CCN(CCCl)CC2)ccc1C. The molecule has 1 aromatic carbocycles. The van der Waals surface area contributed by atoms with Crippen LogP contribution in [0.3, 0.4) is 0 Å². The second-order valence-corrected chi connectivity index (χ2v) is 5.39. The third-order valence-corrected chi connectivity index (χ3v) is 3.88. The van der Waals surface area contributed by atoms with Crippen molar-refractivity contribution in [3.63, 3.8) is 0 Å². The van der Waals surface area contributed by atoms with Gasteiger partial charge in [0.1, 0.15) is 5.75 Å². The van der Waals surface area contributed by atoms with Gasteiger partial charge in [-0.1, -0.05) is 6.07 Å². The van der Waals surface area contributed by atoms with Crippen LogP contribution in [0.5, 0.6) is 5.75 Å². The fourth-order valence-corrected chi connectivity index (χ4v) is 2.67. The van der Waals surface area contributed by atoms with Crippen molar-refractivity contribution in [2.75, 3.05) is 45.7 Å². The van der Waals surface area contributed by atoms with Crippen LogP contribution < -0.4 is 4.74 Å². The van der Waals surface area contributed by atoms with Gasteiger partial charge in [-0.25, -0.2) is 0 Å². The van der Waals surface area contributed by atoms with E-state index < -0.39 is 0 Å². The predicted octanol–water partition coefficient (Wildman–Crippen LogP) is 2.00. The van der Waals surface area contributed by atoms with Gasteiger partial charge < -0.3 is 9.64 Å². The lowest BCUT2D eigenvalue weighted by Crippen LogP contribution is -2.49. The van der Waals surface area contributed by atoms with Crippen molar-refractivity contribution >= 4 is 17.5 Å². The molecule has 1 fully saturated rings. The molecule has 0 atom stereocenters. The molecule has 1 aromatic rings. The summed E-state index contributed by atoms with van der Waals surface area (Å²) in [7, 11) is 1.63. The standard InChI is InChI=1S/C15H21ClN2O2/c1-12-3-4-13(11-14(12)20-2)15(19)18-9-7-17(6-5-16)8-10-18/h3-4,11H,5-10H2,1-2H3. The maximum atomic E-state index is 12.5. The maximum Gasteiger partial charge on any atom is 0.254 e. The number of carbonyl (C=O) groups excluding carboxylic acids is 1. The van der Waals surface area contributed by atoms with E-state index in [1.54, 1.807) is 7.11 Å². The lowest BCUT2D eigenvalue weighted by atomic mass is 10.1. The van der Waals surface area contributed by atoms with E-state index >= 15 is 0 Å². The molecule has 1 saturated heterocycles. The topological polar surface area (TPSA) is 32.8 Å². The van der Waals surface area contributed by atoms with Crippen LogP contribution in [0.1, 0.15) is 15.9 Å². The van der Waals surface area contributed by atoms with Crippen LogP contribution in [0.4, 0.5) is 0 Å². The van der Waals surface area contributed by atoms with Gasteiger partial charge in [0.15, 0.2) is 0 Å². The van der Waals surface area contributed by atoms with E-state index in [9.17, 15) is 4.79 Å². The predicted molar refractivity (Wildman–Crippen MR) is 80.8 cm³/mol. The van der Waals surface area contributed by atoms with Crippen LogP contribution in [0.2, 0.25) is 0 Å². The summed E-state index contributed by atoms with van der Waals surface area (Å²) in [6, 6.07) is 5.62. The zero-order chi connectivity index (χ0) is 14.5. The van der Waals surface area contributed by atoms with Gasteiger partial charge in [0.05, 0.1) is 7.11 Å². The molecule has 0 bridgehead atoms. The van der Waals surface area contributed by atoms with E-state index in [2.05, 4.69) is 4.90 Å². The van der Waals surface area contributed by atoms with Gasteiger partial charge in [0.2, 0.25) is 0 Å². The third-order valence-electron chi connectivity index (χ3n) is 3.72. The average Bonchev–Trinajstić information content (AvgIpc) is 2.48. The lowest BCUT2D eigenvalue weighted by Gasteiger charge is -2.34. The van der Waals surface area contributed by atoms with Crippen LogP contribution in [-0.4, -0.2) is 61.4 Å². The molecule has 0 radical (unpaired) electrons. The van der Waals surface area contributed by atoms with Crippen molar-refractivity contribution in [3.05, 3.63) is 29.3 Å². The van der Waals surface area contributed by atoms with Gasteiger partial charge in [-0.3, -0.25) is 9.69 Å². The van der Waals surface area contributed by atoms with E-state index in [1.165, 1.54) is 0 Å². The van der Waals surface area contributed by atoms with Crippen LogP contribution in [0.25, 0.3) is 0 Å². The zero-order valence-electron chi connectivity index (χ0n) is 12.1. The molecule has 0 unspecified atom stereocenters. The third kappa shape index (κ3) is 3.44. The fourth-order valence-electron chi connectivity index (χ4n) is 2.43. The van der Waals surface area contributed by atoms with Gasteiger partial charge in [0, 0.05) is 44.2 Å². The summed E-state index contributed by atoms with van der Waals surface area (Å²) >= 11 is 5.74. The lowest BCUT2D eigenvalue weighted by molar-refractivity contribution is 0.0644. The molecule has 0 spiro atoms. The van der Waals surface area contributed by atoms with Gasteiger partial charge in [-0.15, -0.1) is 11.6 Å². The first-order chi connectivity index (χ1) is 9.65. The molecule has 0 N–H and O–H groups in total. The Labute approximate surface area is 125 Å². The molecule has 4 nitrogen and oxygen atoms in total. The minimum Gasteiger partial charge on any atom is -0.496 e. The first-order valence-electron chi connectivity index (χ1n) is 6.88. The summed E-state index contributed by atoms with van der Waals surface area (Å²) in [4.78, 5) is 16.7. The van der Waals surface area contributed by atoms with Crippen molar-refractivity contribution < 1.29 is 9.53 Å². The number of rotatable bonds is 4. The Morgan fingerprint density at radius 2 is 2.00 bits per heavy atom. The first kappa shape index (κ1) is 15.1. The second kappa shape index (κ2) is 6.95. The Morgan fingerprint density at radius 3 is 2.60 bits per heavy atom. The van der Waals surface area contributed by atoms with Crippen molar-refractivity contribution in [1.82, 2.24) is 9.80 Å². The van der Waals surface area contributed by atoms with E-state index in [4.69, 9.17) is 16.3 Å². The molecule has 110 valence electrons. The number of halogens is 1. The Bertz CT molecular complexity index is 471. The first-order valence-corrected chi connectivity index (χ1v) is 7.41. The molecular weight excluding hydrogens is 276 g/mol. The number of aryl methyl sites for hydroxylation is 1. The molecule has 1 amide bonds. The molecule has 20 heavy (non-hydrogen) atoms. The van der Waals surface area contributed by atoms with Gasteiger partial charge >= 0.3 is 0 Å². The Balaban J connectivity index is 2.02. The van der Waals surface area contributed by atoms with Crippen LogP contribution in [0, 0.1) is 6.92 Å². The van der Waals surface area contributed by atoms with Crippen molar-refractivity contribution in [2.24, 2.45) is 0 Å². The maximum absolute atomic E-state index is 12.5. The smallest absolute Gasteiger partial charge is 0.254 e. The molecule has 1 heterocycles. The minimum atomic E-state index is 0.0776. The van der Waals surface area contributed by atoms with Crippen LogP contribution in [-0.2, 0) is 0 Å². The van der Waals surface area contributed by atoms with Gasteiger partial charge in [0.25, 0.3) is 5.91 Å². The zero-order valence-corrected chi connectivity index (χ0v) is 12.8. The van der Waals surface area contributed by atoms with Crippen molar-refractivity contribution in [2.45, 2.75) is 6.92 Å². The number of alkyl halides is 1. The number of ether oxygens (including phenoxy) is 1. The number of piperazine rings is 1. The van der Waals surface area contributed by atoms with Crippen molar-refractivity contribution in [1.29, 1.82) is 0 Å². The van der Waals surface area contributed by atoms with Gasteiger partial charge in [-0.05, 0) is 24.6 Å². The second-order valence-electron chi connectivity index (χ2n) is 5.01. The largest absolute Gasteiger partial charge is 0.496 e. The molecular formula is C15H21ClN2O2. The molecule has 2 rings (SSSR count). The van der Waals surface area contributed by atoms with Crippen molar-refractivity contribution in [3.8, 4) is 5.75 Å². The minimum absolute atomic E-state index is 0.0776. The van der Waals surface area contributed by atoms with E-state index in [0.717, 1.165) is 44.0 Å². The van der Waals surface area contributed by atoms with E-state index in [-0.39, 0.29) is 5.91 Å². The average molecular weight is 297 g/mol. The summed E-state index contributed by atoms with van der Waals surface area (Å²) in [5.41, 5.74) is 1.73. The molecule has 0 aliphatic carbocycles. The monoisotopic (exact) mass is 296 g/mol. The quantitative estimate of drug-likeness (QED) is 0.797.